The minimum atomic E-state index is -0.0230. The summed E-state index contributed by atoms with van der Waals surface area (Å²) >= 11 is 1.74. The molecule has 92 valence electrons. The van der Waals surface area contributed by atoms with Gasteiger partial charge in [-0.1, -0.05) is 0 Å². The van der Waals surface area contributed by atoms with E-state index in [-0.39, 0.29) is 5.60 Å². The molecule has 1 aromatic heterocycles. The molecule has 0 spiro atoms. The van der Waals surface area contributed by atoms with Gasteiger partial charge in [-0.2, -0.15) is 0 Å². The molecule has 0 saturated carbocycles. The van der Waals surface area contributed by atoms with Crippen molar-refractivity contribution in [1.29, 1.82) is 0 Å². The van der Waals surface area contributed by atoms with E-state index in [0.717, 1.165) is 31.6 Å². The Morgan fingerprint density at radius 2 is 2.19 bits per heavy atom. The van der Waals surface area contributed by atoms with Crippen molar-refractivity contribution >= 4 is 11.3 Å². The second kappa shape index (κ2) is 6.33. The number of methoxy groups -OCH3 is 1. The highest BCUT2D eigenvalue weighted by Gasteiger charge is 2.14. The summed E-state index contributed by atoms with van der Waals surface area (Å²) in [6.45, 7) is 8.24. The van der Waals surface area contributed by atoms with Crippen LogP contribution in [0.5, 0.6) is 0 Å². The van der Waals surface area contributed by atoms with Gasteiger partial charge in [-0.25, -0.2) is 4.98 Å². The number of rotatable bonds is 7. The standard InChI is InChI=1S/C12H22N2OS/c1-10-9-16-11(14-10)5-7-13-8-6-12(2,3)15-4/h9,13H,5-8H2,1-4H3. The Morgan fingerprint density at radius 1 is 1.44 bits per heavy atom. The largest absolute Gasteiger partial charge is 0.379 e. The van der Waals surface area contributed by atoms with E-state index in [9.17, 15) is 0 Å². The summed E-state index contributed by atoms with van der Waals surface area (Å²) in [6, 6.07) is 0. The van der Waals surface area contributed by atoms with Gasteiger partial charge in [-0.3, -0.25) is 0 Å². The highest BCUT2D eigenvalue weighted by Crippen LogP contribution is 2.11. The van der Waals surface area contributed by atoms with Crippen molar-refractivity contribution in [2.75, 3.05) is 20.2 Å². The first-order valence-electron chi connectivity index (χ1n) is 5.70. The van der Waals surface area contributed by atoms with Crippen molar-refractivity contribution in [3.8, 4) is 0 Å². The number of aromatic nitrogens is 1. The van der Waals surface area contributed by atoms with Crippen LogP contribution in [0.4, 0.5) is 0 Å². The summed E-state index contributed by atoms with van der Waals surface area (Å²) in [7, 11) is 1.76. The Morgan fingerprint density at radius 3 is 2.75 bits per heavy atom. The van der Waals surface area contributed by atoms with E-state index in [2.05, 4.69) is 29.5 Å². The minimum Gasteiger partial charge on any atom is -0.379 e. The summed E-state index contributed by atoms with van der Waals surface area (Å²) in [5.74, 6) is 0. The zero-order chi connectivity index (χ0) is 12.0. The van der Waals surface area contributed by atoms with Crippen molar-refractivity contribution < 1.29 is 4.74 Å². The molecule has 0 bridgehead atoms. The van der Waals surface area contributed by atoms with Crippen molar-refractivity contribution in [3.63, 3.8) is 0 Å². The molecule has 16 heavy (non-hydrogen) atoms. The lowest BCUT2D eigenvalue weighted by molar-refractivity contribution is 0.0159. The van der Waals surface area contributed by atoms with E-state index in [1.54, 1.807) is 18.4 Å². The lowest BCUT2D eigenvalue weighted by atomic mass is 10.1. The normalized spacial score (nSPS) is 12.0. The van der Waals surface area contributed by atoms with Gasteiger partial charge in [-0.15, -0.1) is 11.3 Å². The third kappa shape index (κ3) is 5.05. The molecule has 0 aliphatic carbocycles. The number of thiazole rings is 1. The molecule has 0 aromatic carbocycles. The predicted octanol–water partition coefficient (Wildman–Crippen LogP) is 2.40. The Labute approximate surface area is 102 Å². The van der Waals surface area contributed by atoms with Gasteiger partial charge < -0.3 is 10.1 Å². The molecule has 1 aromatic rings. The van der Waals surface area contributed by atoms with Crippen molar-refractivity contribution in [2.45, 2.75) is 39.2 Å². The molecule has 0 saturated heterocycles. The summed E-state index contributed by atoms with van der Waals surface area (Å²) in [5.41, 5.74) is 1.10. The molecular weight excluding hydrogens is 220 g/mol. The zero-order valence-corrected chi connectivity index (χ0v) is 11.5. The lowest BCUT2D eigenvalue weighted by Crippen LogP contribution is -2.29. The Bertz CT molecular complexity index is 310. The highest BCUT2D eigenvalue weighted by molar-refractivity contribution is 7.09. The molecule has 1 N–H and O–H groups in total. The molecule has 0 fully saturated rings. The molecule has 0 atom stereocenters. The first kappa shape index (κ1) is 13.6. The Hall–Kier alpha value is -0.450. The number of aryl methyl sites for hydroxylation is 1. The van der Waals surface area contributed by atoms with E-state index in [1.165, 1.54) is 5.01 Å². The maximum Gasteiger partial charge on any atom is 0.0940 e. The third-order valence-corrected chi connectivity index (χ3v) is 3.67. The summed E-state index contributed by atoms with van der Waals surface area (Å²) in [5, 5.41) is 6.74. The maximum absolute atomic E-state index is 5.36. The van der Waals surface area contributed by atoms with Crippen LogP contribution in [0.3, 0.4) is 0 Å². The second-order valence-corrected chi connectivity index (χ2v) is 5.54. The quantitative estimate of drug-likeness (QED) is 0.746. The predicted molar refractivity (Wildman–Crippen MR) is 69.1 cm³/mol. The first-order chi connectivity index (χ1) is 7.53. The Balaban J connectivity index is 2.08. The molecule has 0 aliphatic rings. The molecular formula is C12H22N2OS. The topological polar surface area (TPSA) is 34.1 Å². The molecule has 4 heteroatoms. The molecule has 0 unspecified atom stereocenters. The molecule has 0 aliphatic heterocycles. The summed E-state index contributed by atoms with van der Waals surface area (Å²) in [6.07, 6.45) is 2.05. The van der Waals surface area contributed by atoms with Gasteiger partial charge in [0.2, 0.25) is 0 Å². The van der Waals surface area contributed by atoms with Gasteiger partial charge in [0.15, 0.2) is 0 Å². The molecule has 0 amide bonds. The van der Waals surface area contributed by atoms with Crippen LogP contribution in [0.25, 0.3) is 0 Å². The monoisotopic (exact) mass is 242 g/mol. The average molecular weight is 242 g/mol. The molecule has 0 radical (unpaired) electrons. The van der Waals surface area contributed by atoms with E-state index in [4.69, 9.17) is 4.74 Å². The van der Waals surface area contributed by atoms with Gasteiger partial charge in [0.25, 0.3) is 0 Å². The van der Waals surface area contributed by atoms with Gasteiger partial charge >= 0.3 is 0 Å². The molecule has 1 heterocycles. The van der Waals surface area contributed by atoms with Crippen LogP contribution in [0, 0.1) is 6.92 Å². The van der Waals surface area contributed by atoms with E-state index in [1.807, 2.05) is 6.92 Å². The SMILES string of the molecule is COC(C)(C)CCNCCc1nc(C)cs1. The van der Waals surface area contributed by atoms with Gasteiger partial charge in [0, 0.05) is 31.1 Å². The first-order valence-corrected chi connectivity index (χ1v) is 6.58. The van der Waals surface area contributed by atoms with Crippen LogP contribution in [-0.4, -0.2) is 30.8 Å². The smallest absolute Gasteiger partial charge is 0.0940 e. The van der Waals surface area contributed by atoms with Gasteiger partial charge in [0.05, 0.1) is 10.6 Å². The van der Waals surface area contributed by atoms with E-state index < -0.39 is 0 Å². The number of nitrogens with one attached hydrogen (secondary N) is 1. The number of nitrogens with zero attached hydrogens (tertiary/aromatic N) is 1. The third-order valence-electron chi connectivity index (χ3n) is 2.64. The van der Waals surface area contributed by atoms with Crippen LogP contribution >= 0.6 is 11.3 Å². The maximum atomic E-state index is 5.36. The number of ether oxygens (including phenoxy) is 1. The fourth-order valence-corrected chi connectivity index (χ4v) is 2.11. The number of hydrogen-bond donors (Lipinski definition) is 1. The van der Waals surface area contributed by atoms with Gasteiger partial charge in [-0.05, 0) is 33.7 Å². The average Bonchev–Trinajstić information content (AvgIpc) is 2.64. The van der Waals surface area contributed by atoms with Crippen molar-refractivity contribution in [1.82, 2.24) is 10.3 Å². The lowest BCUT2D eigenvalue weighted by Gasteiger charge is -2.22. The van der Waals surface area contributed by atoms with Crippen molar-refractivity contribution in [2.24, 2.45) is 0 Å². The van der Waals surface area contributed by atoms with Crippen molar-refractivity contribution in [3.05, 3.63) is 16.1 Å². The van der Waals surface area contributed by atoms with Crippen LogP contribution in [0.2, 0.25) is 0 Å². The number of hydrogen-bond acceptors (Lipinski definition) is 4. The van der Waals surface area contributed by atoms with Crippen LogP contribution in [-0.2, 0) is 11.2 Å². The minimum absolute atomic E-state index is 0.0230. The summed E-state index contributed by atoms with van der Waals surface area (Å²) in [4.78, 5) is 4.43. The van der Waals surface area contributed by atoms with Crippen LogP contribution in [0.15, 0.2) is 5.38 Å². The fraction of sp³-hybridized carbons (Fsp3) is 0.750. The highest BCUT2D eigenvalue weighted by atomic mass is 32.1. The van der Waals surface area contributed by atoms with Gasteiger partial charge in [0.1, 0.15) is 0 Å². The van der Waals surface area contributed by atoms with E-state index >= 15 is 0 Å². The van der Waals surface area contributed by atoms with E-state index in [0.29, 0.717) is 0 Å². The summed E-state index contributed by atoms with van der Waals surface area (Å²) < 4.78 is 5.36. The van der Waals surface area contributed by atoms with Crippen LogP contribution < -0.4 is 5.32 Å². The molecule has 1 rings (SSSR count). The fourth-order valence-electron chi connectivity index (χ4n) is 1.33. The van der Waals surface area contributed by atoms with Crippen LogP contribution in [0.1, 0.15) is 31.0 Å². The molecule has 3 nitrogen and oxygen atoms in total. The Kier molecular flexibility index (Phi) is 5.38. The second-order valence-electron chi connectivity index (χ2n) is 4.60. The zero-order valence-electron chi connectivity index (χ0n) is 10.7.